The van der Waals surface area contributed by atoms with E-state index in [4.69, 9.17) is 17.3 Å². The maximum absolute atomic E-state index is 11.4. The Morgan fingerprint density at radius 2 is 2.00 bits per heavy atom. The molecule has 4 heteroatoms. The van der Waals surface area contributed by atoms with Gasteiger partial charge in [-0.3, -0.25) is 4.79 Å². The van der Waals surface area contributed by atoms with Crippen molar-refractivity contribution in [3.8, 4) is 0 Å². The lowest BCUT2D eigenvalue weighted by Gasteiger charge is -2.22. The molecule has 1 aromatic carbocycles. The van der Waals surface area contributed by atoms with Gasteiger partial charge in [0.15, 0.2) is 0 Å². The molecular formula is C15H17ClN2O. The summed E-state index contributed by atoms with van der Waals surface area (Å²) in [4.78, 5) is 11.4. The summed E-state index contributed by atoms with van der Waals surface area (Å²) < 4.78 is 0. The molecule has 3 atom stereocenters. The summed E-state index contributed by atoms with van der Waals surface area (Å²) in [7, 11) is 0. The summed E-state index contributed by atoms with van der Waals surface area (Å²) in [5.74, 6) is 2.45. The van der Waals surface area contributed by atoms with Gasteiger partial charge in [0, 0.05) is 16.8 Å². The van der Waals surface area contributed by atoms with Gasteiger partial charge in [-0.25, -0.2) is 0 Å². The van der Waals surface area contributed by atoms with E-state index < -0.39 is 0 Å². The van der Waals surface area contributed by atoms with Crippen LogP contribution in [0, 0.1) is 17.8 Å². The topological polar surface area (TPSA) is 55.1 Å². The second-order valence-corrected chi connectivity index (χ2v) is 6.68. The van der Waals surface area contributed by atoms with Crippen LogP contribution in [0.4, 0.5) is 5.69 Å². The molecule has 3 N–H and O–H groups in total. The van der Waals surface area contributed by atoms with Crippen LogP contribution in [0.2, 0.25) is 5.02 Å². The Kier molecular flexibility index (Phi) is 2.45. The summed E-state index contributed by atoms with van der Waals surface area (Å²) in [6, 6.07) is 3.90. The number of nitrogens with two attached hydrogens (primary N) is 1. The molecule has 0 saturated heterocycles. The van der Waals surface area contributed by atoms with Gasteiger partial charge in [0.25, 0.3) is 0 Å². The van der Waals surface area contributed by atoms with Crippen LogP contribution in [0.15, 0.2) is 12.1 Å². The lowest BCUT2D eigenvalue weighted by Crippen LogP contribution is -2.21. The number of carbonyl (C=O) groups excluding carboxylic acids is 1. The van der Waals surface area contributed by atoms with Crippen LogP contribution < -0.4 is 11.1 Å². The summed E-state index contributed by atoms with van der Waals surface area (Å²) in [6.45, 7) is 0. The zero-order valence-corrected chi connectivity index (χ0v) is 11.4. The van der Waals surface area contributed by atoms with Crippen LogP contribution in [0.5, 0.6) is 0 Å². The molecule has 1 amide bonds. The predicted molar refractivity (Wildman–Crippen MR) is 75.0 cm³/mol. The van der Waals surface area contributed by atoms with E-state index in [-0.39, 0.29) is 11.9 Å². The van der Waals surface area contributed by atoms with E-state index in [9.17, 15) is 4.79 Å². The fraction of sp³-hybridized carbons (Fsp3) is 0.533. The van der Waals surface area contributed by atoms with Crippen LogP contribution in [0.3, 0.4) is 0 Å². The Morgan fingerprint density at radius 1 is 1.26 bits per heavy atom. The van der Waals surface area contributed by atoms with E-state index in [2.05, 4.69) is 5.32 Å². The Labute approximate surface area is 117 Å². The van der Waals surface area contributed by atoms with Gasteiger partial charge in [0.05, 0.1) is 6.42 Å². The molecule has 2 saturated carbocycles. The SMILES string of the molecule is NC(c1cc2c(cc1Cl)NC(=O)C2)C1CC2CC2C1. The van der Waals surface area contributed by atoms with E-state index in [0.29, 0.717) is 17.4 Å². The highest BCUT2D eigenvalue weighted by Crippen LogP contribution is 2.57. The minimum absolute atomic E-state index is 0.0151. The molecule has 0 bridgehead atoms. The van der Waals surface area contributed by atoms with Crippen molar-refractivity contribution in [3.05, 3.63) is 28.3 Å². The van der Waals surface area contributed by atoms with Crippen LogP contribution in [-0.4, -0.2) is 5.91 Å². The van der Waals surface area contributed by atoms with Gasteiger partial charge in [0.2, 0.25) is 5.91 Å². The first kappa shape index (κ1) is 11.7. The molecule has 3 unspecified atom stereocenters. The number of benzene rings is 1. The van der Waals surface area contributed by atoms with Gasteiger partial charge < -0.3 is 11.1 Å². The molecule has 2 aliphatic carbocycles. The second kappa shape index (κ2) is 3.97. The molecule has 100 valence electrons. The Hall–Kier alpha value is -1.06. The van der Waals surface area contributed by atoms with Crippen molar-refractivity contribution in [3.63, 3.8) is 0 Å². The highest BCUT2D eigenvalue weighted by atomic mass is 35.5. The standard InChI is InChI=1S/C15H17ClN2O/c16-12-6-13-9(5-14(19)18-13)4-11(12)15(17)10-2-7-1-8(7)3-10/h4,6-8,10,15H,1-3,5,17H2,(H,18,19). The number of amides is 1. The molecule has 3 nitrogen and oxygen atoms in total. The van der Waals surface area contributed by atoms with Gasteiger partial charge in [-0.1, -0.05) is 17.7 Å². The number of carbonyl (C=O) groups is 1. The lowest BCUT2D eigenvalue weighted by molar-refractivity contribution is -0.115. The lowest BCUT2D eigenvalue weighted by atomic mass is 9.89. The van der Waals surface area contributed by atoms with Crippen molar-refractivity contribution in [2.75, 3.05) is 5.32 Å². The molecule has 19 heavy (non-hydrogen) atoms. The Bertz CT molecular complexity index is 562. The predicted octanol–water partition coefficient (Wildman–Crippen LogP) is 2.88. The number of hydrogen-bond acceptors (Lipinski definition) is 2. The molecular weight excluding hydrogens is 260 g/mol. The Balaban J connectivity index is 1.63. The van der Waals surface area contributed by atoms with Crippen molar-refractivity contribution in [2.45, 2.75) is 31.7 Å². The van der Waals surface area contributed by atoms with Crippen molar-refractivity contribution in [2.24, 2.45) is 23.5 Å². The molecule has 1 aliphatic heterocycles. The van der Waals surface area contributed by atoms with Crippen molar-refractivity contribution in [1.82, 2.24) is 0 Å². The monoisotopic (exact) mass is 276 g/mol. The fourth-order valence-electron chi connectivity index (χ4n) is 3.83. The highest BCUT2D eigenvalue weighted by molar-refractivity contribution is 6.32. The molecule has 3 aliphatic rings. The number of hydrogen-bond donors (Lipinski definition) is 2. The molecule has 4 rings (SSSR count). The van der Waals surface area contributed by atoms with Crippen LogP contribution in [-0.2, 0) is 11.2 Å². The zero-order valence-electron chi connectivity index (χ0n) is 10.7. The summed E-state index contributed by atoms with van der Waals surface area (Å²) in [6.07, 6.45) is 4.34. The first-order valence-electron chi connectivity index (χ1n) is 6.99. The van der Waals surface area contributed by atoms with Gasteiger partial charge in [-0.05, 0) is 54.2 Å². The van der Waals surface area contributed by atoms with Gasteiger partial charge in [-0.2, -0.15) is 0 Å². The van der Waals surface area contributed by atoms with Gasteiger partial charge in [-0.15, -0.1) is 0 Å². The first-order valence-corrected chi connectivity index (χ1v) is 7.37. The second-order valence-electron chi connectivity index (χ2n) is 6.27. The number of nitrogens with one attached hydrogen (secondary N) is 1. The minimum Gasteiger partial charge on any atom is -0.325 e. The maximum Gasteiger partial charge on any atom is 0.228 e. The number of fused-ring (bicyclic) bond motifs is 2. The van der Waals surface area contributed by atoms with E-state index >= 15 is 0 Å². The first-order chi connectivity index (χ1) is 9.11. The van der Waals surface area contributed by atoms with Crippen LogP contribution >= 0.6 is 11.6 Å². The van der Waals surface area contributed by atoms with E-state index in [1.54, 1.807) is 0 Å². The number of halogens is 1. The van der Waals surface area contributed by atoms with Gasteiger partial charge >= 0.3 is 0 Å². The normalized spacial score (nSPS) is 32.7. The fourth-order valence-corrected chi connectivity index (χ4v) is 4.12. The molecule has 2 fully saturated rings. The van der Waals surface area contributed by atoms with Crippen molar-refractivity contribution in [1.29, 1.82) is 0 Å². The number of anilines is 1. The summed E-state index contributed by atoms with van der Waals surface area (Å²) in [5, 5.41) is 3.51. The maximum atomic E-state index is 11.4. The van der Waals surface area contributed by atoms with Crippen molar-refractivity contribution < 1.29 is 4.79 Å². The minimum atomic E-state index is 0.0151. The number of rotatable bonds is 2. The average Bonchev–Trinajstić information content (AvgIpc) is 2.81. The zero-order chi connectivity index (χ0) is 13.1. The van der Waals surface area contributed by atoms with E-state index in [1.807, 2.05) is 12.1 Å². The molecule has 0 spiro atoms. The Morgan fingerprint density at radius 3 is 2.74 bits per heavy atom. The van der Waals surface area contributed by atoms with Crippen LogP contribution in [0.1, 0.15) is 36.4 Å². The van der Waals surface area contributed by atoms with E-state index in [1.165, 1.54) is 19.3 Å². The van der Waals surface area contributed by atoms with Gasteiger partial charge in [0.1, 0.15) is 0 Å². The van der Waals surface area contributed by atoms with Crippen molar-refractivity contribution >= 4 is 23.2 Å². The largest absolute Gasteiger partial charge is 0.325 e. The third-order valence-corrected chi connectivity index (χ3v) is 5.32. The third kappa shape index (κ3) is 1.87. The van der Waals surface area contributed by atoms with Crippen LogP contribution in [0.25, 0.3) is 0 Å². The smallest absolute Gasteiger partial charge is 0.228 e. The average molecular weight is 277 g/mol. The summed E-state index contributed by atoms with van der Waals surface area (Å²) >= 11 is 6.35. The quantitative estimate of drug-likeness (QED) is 0.873. The third-order valence-electron chi connectivity index (χ3n) is 4.99. The molecule has 0 aromatic heterocycles. The molecule has 1 aromatic rings. The highest BCUT2D eigenvalue weighted by Gasteiger charge is 2.47. The molecule has 1 heterocycles. The molecule has 0 radical (unpaired) electrons. The summed E-state index contributed by atoms with van der Waals surface area (Å²) in [5.41, 5.74) is 9.32. The van der Waals surface area contributed by atoms with E-state index in [0.717, 1.165) is 28.7 Å².